The molecule has 2 unspecified atom stereocenters. The summed E-state index contributed by atoms with van der Waals surface area (Å²) in [6.07, 6.45) is 0. The third kappa shape index (κ3) is 8.14. The van der Waals surface area contributed by atoms with Gasteiger partial charge in [-0.3, -0.25) is 9.13 Å². The van der Waals surface area contributed by atoms with Gasteiger partial charge >= 0.3 is 0 Å². The zero-order valence-corrected chi connectivity index (χ0v) is 46.4. The summed E-state index contributed by atoms with van der Waals surface area (Å²) in [4.78, 5) is 32.1. The predicted molar refractivity (Wildman–Crippen MR) is 345 cm³/mol. The molecule has 15 aromatic rings. The zero-order valence-electron chi connectivity index (χ0n) is 46.4. The summed E-state index contributed by atoms with van der Waals surface area (Å²) in [5.74, 6) is 3.04. The summed E-state index contributed by atoms with van der Waals surface area (Å²) < 4.78 is 4.55. The highest BCUT2D eigenvalue weighted by molar-refractivity contribution is 5.89. The Morgan fingerprint density at radius 3 is 1.00 bits per heavy atom. The second-order valence-electron chi connectivity index (χ2n) is 22.1. The van der Waals surface area contributed by atoms with E-state index in [-0.39, 0.29) is 11.8 Å². The number of benzene rings is 11. The lowest BCUT2D eigenvalue weighted by molar-refractivity contribution is 0.755. The number of aromatic nitrogens is 8. The van der Waals surface area contributed by atoms with E-state index in [2.05, 4.69) is 264 Å². The van der Waals surface area contributed by atoms with E-state index in [0.29, 0.717) is 11.6 Å². The van der Waals surface area contributed by atoms with Gasteiger partial charge in [-0.25, -0.2) is 29.9 Å². The Bertz CT molecular complexity index is 4810. The molecule has 3 aliphatic rings. The first-order valence-corrected chi connectivity index (χ1v) is 29.2. The molecule has 0 fully saturated rings. The lowest BCUT2D eigenvalue weighted by Crippen LogP contribution is -2.27. The van der Waals surface area contributed by atoms with Gasteiger partial charge in [0.25, 0.3) is 0 Å². The Morgan fingerprint density at radius 2 is 0.570 bits per heavy atom. The normalized spacial score (nSPS) is 13.8. The fourth-order valence-electron chi connectivity index (χ4n) is 13.3. The molecule has 11 aromatic carbocycles. The third-order valence-electron chi connectivity index (χ3n) is 17.2. The van der Waals surface area contributed by atoms with Crippen LogP contribution in [0.15, 0.2) is 291 Å². The molecule has 0 saturated heterocycles. The highest BCUT2D eigenvalue weighted by Crippen LogP contribution is 2.57. The van der Waals surface area contributed by atoms with Crippen LogP contribution in [0, 0.1) is 0 Å². The number of fused-ring (bicyclic) bond motifs is 2. The van der Waals surface area contributed by atoms with Crippen molar-refractivity contribution in [2.75, 3.05) is 0 Å². The van der Waals surface area contributed by atoms with Crippen molar-refractivity contribution in [1.82, 2.24) is 39.0 Å². The van der Waals surface area contributed by atoms with Crippen LogP contribution in [0.4, 0.5) is 0 Å². The second kappa shape index (κ2) is 20.2. The molecular formula is C78H50N8. The van der Waals surface area contributed by atoms with Crippen LogP contribution in [0.3, 0.4) is 0 Å². The van der Waals surface area contributed by atoms with Crippen molar-refractivity contribution in [3.05, 3.63) is 325 Å². The molecule has 3 aliphatic carbocycles. The summed E-state index contributed by atoms with van der Waals surface area (Å²) in [6.45, 7) is 0. The highest BCUT2D eigenvalue weighted by atomic mass is 15.1. The molecule has 0 radical (unpaired) electrons. The van der Waals surface area contributed by atoms with Crippen molar-refractivity contribution < 1.29 is 0 Å². The summed E-state index contributed by atoms with van der Waals surface area (Å²) in [7, 11) is 0. The van der Waals surface area contributed by atoms with Gasteiger partial charge in [0, 0.05) is 56.3 Å². The van der Waals surface area contributed by atoms with Crippen LogP contribution in [-0.2, 0) is 0 Å². The summed E-state index contributed by atoms with van der Waals surface area (Å²) in [5.41, 5.74) is 25.0. The van der Waals surface area contributed by atoms with Gasteiger partial charge in [0.05, 0.1) is 56.2 Å². The van der Waals surface area contributed by atoms with Crippen LogP contribution in [0.2, 0.25) is 0 Å². The van der Waals surface area contributed by atoms with Gasteiger partial charge in [0.2, 0.25) is 0 Å². The number of imidazole rings is 2. The van der Waals surface area contributed by atoms with Crippen LogP contribution in [0.1, 0.15) is 45.2 Å². The van der Waals surface area contributed by atoms with Crippen molar-refractivity contribution in [1.29, 1.82) is 0 Å². The topological polar surface area (TPSA) is 87.2 Å². The molecule has 8 nitrogen and oxygen atoms in total. The lowest BCUT2D eigenvalue weighted by Gasteiger charge is -2.42. The molecule has 402 valence electrons. The predicted octanol–water partition coefficient (Wildman–Crippen LogP) is 18.3. The molecule has 0 amide bonds. The SMILES string of the molecule is c1ccc(-c2nc(-c3ccc4c(c3)C3c5ccccc5C4c4cc(-c5cc(-c6ccccc6-n6c(-c7ccccc7)nc7ccccc76)nc(-c6ccccc6)n5)ccc43)cc(-c3ccccc3-n3c(-c4ccccc4)nc4ccccc43)n2)cc1. The third-order valence-corrected chi connectivity index (χ3v) is 17.2. The van der Waals surface area contributed by atoms with E-state index in [9.17, 15) is 0 Å². The molecule has 0 aliphatic heterocycles. The Morgan fingerprint density at radius 1 is 0.233 bits per heavy atom. The van der Waals surface area contributed by atoms with Crippen molar-refractivity contribution in [2.24, 2.45) is 0 Å². The quantitative estimate of drug-likeness (QED) is 0.136. The second-order valence-corrected chi connectivity index (χ2v) is 22.1. The van der Waals surface area contributed by atoms with E-state index in [0.717, 1.165) is 112 Å². The van der Waals surface area contributed by atoms with E-state index in [1.165, 1.54) is 33.4 Å². The van der Waals surface area contributed by atoms with Gasteiger partial charge in [0.15, 0.2) is 11.6 Å². The zero-order chi connectivity index (χ0) is 56.7. The van der Waals surface area contributed by atoms with Crippen LogP contribution in [-0.4, -0.2) is 39.0 Å². The molecule has 2 atom stereocenters. The smallest absolute Gasteiger partial charge is 0.160 e. The van der Waals surface area contributed by atoms with E-state index < -0.39 is 0 Å². The van der Waals surface area contributed by atoms with Gasteiger partial charge < -0.3 is 0 Å². The number of para-hydroxylation sites is 6. The van der Waals surface area contributed by atoms with Gasteiger partial charge in [-0.2, -0.15) is 0 Å². The lowest BCUT2D eigenvalue weighted by atomic mass is 9.60. The molecule has 0 spiro atoms. The first-order chi connectivity index (χ1) is 42.6. The Balaban J connectivity index is 0.797. The molecule has 0 N–H and O–H groups in total. The van der Waals surface area contributed by atoms with Crippen molar-refractivity contribution in [3.8, 4) is 102 Å². The maximum absolute atomic E-state index is 5.41. The van der Waals surface area contributed by atoms with Crippen LogP contribution in [0.5, 0.6) is 0 Å². The van der Waals surface area contributed by atoms with E-state index in [1.54, 1.807) is 0 Å². The van der Waals surface area contributed by atoms with Crippen LogP contribution in [0.25, 0.3) is 124 Å². The minimum Gasteiger partial charge on any atom is -0.292 e. The summed E-state index contributed by atoms with van der Waals surface area (Å²) >= 11 is 0. The molecule has 0 saturated carbocycles. The van der Waals surface area contributed by atoms with Gasteiger partial charge in [-0.1, -0.05) is 231 Å². The Hall–Kier alpha value is -11.5. The summed E-state index contributed by atoms with van der Waals surface area (Å²) in [6, 6.07) is 103. The van der Waals surface area contributed by atoms with Crippen LogP contribution < -0.4 is 0 Å². The molecule has 2 bridgehead atoms. The monoisotopic (exact) mass is 1100 g/mol. The standard InChI is InChI=1S/C78H50N8/c1-5-23-49(24-6-1)75-79-65(47-67(81-75)59-33-15-19-37-69(59)85-71-39-21-17-35-63(71)83-77(85)51-27-9-3-10-28-51)53-41-43-57-61(45-53)73-55-31-13-14-32-56(55)74(57)62-46-54(42-44-58(62)73)66-48-68(82-76(80-66)50-25-7-2-8-26-50)60-34-16-20-38-70(60)86-72-40-22-18-36-64(72)84-78(86)52-29-11-4-12-30-52/h1-48,73-74H. The Kier molecular flexibility index (Phi) is 11.5. The number of rotatable bonds is 10. The Labute approximate surface area is 496 Å². The van der Waals surface area contributed by atoms with Gasteiger partial charge in [0.1, 0.15) is 11.6 Å². The van der Waals surface area contributed by atoms with E-state index in [1.807, 2.05) is 36.4 Å². The number of nitrogens with zero attached hydrogens (tertiary/aromatic N) is 8. The van der Waals surface area contributed by atoms with Crippen LogP contribution >= 0.6 is 0 Å². The number of hydrogen-bond donors (Lipinski definition) is 0. The molecule has 4 aromatic heterocycles. The van der Waals surface area contributed by atoms with E-state index in [4.69, 9.17) is 29.9 Å². The van der Waals surface area contributed by atoms with Crippen molar-refractivity contribution in [3.63, 3.8) is 0 Å². The average molecular weight is 1100 g/mol. The first kappa shape index (κ1) is 49.2. The fraction of sp³-hybridized carbons (Fsp3) is 0.0256. The molecule has 8 heteroatoms. The molecule has 4 heterocycles. The van der Waals surface area contributed by atoms with Gasteiger partial charge in [-0.05, 0) is 94.0 Å². The first-order valence-electron chi connectivity index (χ1n) is 29.2. The summed E-state index contributed by atoms with van der Waals surface area (Å²) in [5, 5.41) is 0. The van der Waals surface area contributed by atoms with E-state index >= 15 is 0 Å². The number of hydrogen-bond acceptors (Lipinski definition) is 6. The maximum Gasteiger partial charge on any atom is 0.160 e. The minimum absolute atomic E-state index is 0.00622. The molecule has 18 rings (SSSR count). The van der Waals surface area contributed by atoms with Gasteiger partial charge in [-0.15, -0.1) is 0 Å². The fourth-order valence-corrected chi connectivity index (χ4v) is 13.3. The van der Waals surface area contributed by atoms with Crippen molar-refractivity contribution in [2.45, 2.75) is 11.8 Å². The van der Waals surface area contributed by atoms with Crippen molar-refractivity contribution >= 4 is 22.1 Å². The average Bonchev–Trinajstić information content (AvgIpc) is 2.89. The maximum atomic E-state index is 5.41. The highest BCUT2D eigenvalue weighted by Gasteiger charge is 2.41. The molecular weight excluding hydrogens is 1050 g/mol. The minimum atomic E-state index is -0.00622. The molecule has 86 heavy (non-hydrogen) atoms. The largest absolute Gasteiger partial charge is 0.292 e.